The molecule has 1 fully saturated rings. The summed E-state index contributed by atoms with van der Waals surface area (Å²) in [7, 11) is 0. The molecule has 34 heavy (non-hydrogen) atoms. The van der Waals surface area contributed by atoms with Gasteiger partial charge in [0.25, 0.3) is 0 Å². The predicted octanol–water partition coefficient (Wildman–Crippen LogP) is 7.15. The van der Waals surface area contributed by atoms with Crippen LogP contribution in [0.15, 0.2) is 102 Å². The number of halogens is 3. The lowest BCUT2D eigenvalue weighted by Crippen LogP contribution is -2.46. The SMILES string of the molecule is O=C(ON=C1CCC1(c1ccccc1)c1ccc2ccccc2c1)c1ccc(C(F)(F)F)cc1. The Bertz CT molecular complexity index is 1380. The summed E-state index contributed by atoms with van der Waals surface area (Å²) in [6.45, 7) is 0. The van der Waals surface area contributed by atoms with Crippen molar-refractivity contribution in [3.8, 4) is 0 Å². The highest BCUT2D eigenvalue weighted by atomic mass is 19.4. The summed E-state index contributed by atoms with van der Waals surface area (Å²) in [6, 6.07) is 28.2. The number of oxime groups is 1. The van der Waals surface area contributed by atoms with Crippen LogP contribution in [-0.4, -0.2) is 11.7 Å². The quantitative estimate of drug-likeness (QED) is 0.240. The third-order valence-electron chi connectivity index (χ3n) is 6.42. The van der Waals surface area contributed by atoms with Crippen LogP contribution in [0.1, 0.15) is 39.9 Å². The van der Waals surface area contributed by atoms with Gasteiger partial charge in [0, 0.05) is 0 Å². The summed E-state index contributed by atoms with van der Waals surface area (Å²) in [5.41, 5.74) is 1.44. The smallest absolute Gasteiger partial charge is 0.313 e. The molecule has 0 amide bonds. The van der Waals surface area contributed by atoms with E-state index in [2.05, 4.69) is 35.5 Å². The molecule has 3 nitrogen and oxygen atoms in total. The molecule has 0 spiro atoms. The Morgan fingerprint density at radius 3 is 2.12 bits per heavy atom. The fraction of sp³-hybridized carbons (Fsp3) is 0.143. The lowest BCUT2D eigenvalue weighted by molar-refractivity contribution is -0.137. The number of rotatable bonds is 4. The molecule has 1 atom stereocenters. The molecule has 170 valence electrons. The Morgan fingerprint density at radius 1 is 0.794 bits per heavy atom. The minimum atomic E-state index is -4.47. The summed E-state index contributed by atoms with van der Waals surface area (Å²) in [6.07, 6.45) is -3.03. The van der Waals surface area contributed by atoms with Gasteiger partial charge < -0.3 is 4.84 Å². The number of carbonyl (C=O) groups is 1. The van der Waals surface area contributed by atoms with Gasteiger partial charge in [-0.15, -0.1) is 0 Å². The molecule has 0 saturated heterocycles. The molecule has 5 rings (SSSR count). The second-order valence-corrected chi connectivity index (χ2v) is 8.33. The van der Waals surface area contributed by atoms with Gasteiger partial charge in [0.1, 0.15) is 0 Å². The van der Waals surface area contributed by atoms with Gasteiger partial charge in [-0.1, -0.05) is 71.9 Å². The zero-order valence-corrected chi connectivity index (χ0v) is 18.0. The van der Waals surface area contributed by atoms with E-state index in [4.69, 9.17) is 4.84 Å². The van der Waals surface area contributed by atoms with Crippen LogP contribution in [0.3, 0.4) is 0 Å². The first-order valence-electron chi connectivity index (χ1n) is 10.9. The highest BCUT2D eigenvalue weighted by Crippen LogP contribution is 2.47. The highest BCUT2D eigenvalue weighted by Gasteiger charge is 2.47. The molecule has 0 aromatic heterocycles. The first kappa shape index (κ1) is 21.9. The van der Waals surface area contributed by atoms with E-state index in [0.717, 1.165) is 52.6 Å². The molecule has 1 aliphatic carbocycles. The maximum absolute atomic E-state index is 12.8. The standard InChI is InChI=1S/C28H20F3NO2/c29-28(30,31)23-13-11-20(12-14-23)26(33)34-32-25-16-17-27(25,22-8-2-1-3-9-22)24-15-10-19-6-4-5-7-21(19)18-24/h1-15,18H,16-17H2. The largest absolute Gasteiger partial charge is 0.416 e. The summed E-state index contributed by atoms with van der Waals surface area (Å²) in [5, 5.41) is 6.43. The van der Waals surface area contributed by atoms with E-state index in [1.807, 2.05) is 42.5 Å². The van der Waals surface area contributed by atoms with E-state index in [0.29, 0.717) is 12.1 Å². The average Bonchev–Trinajstić information content (AvgIpc) is 2.84. The Kier molecular flexibility index (Phi) is 5.44. The monoisotopic (exact) mass is 459 g/mol. The second-order valence-electron chi connectivity index (χ2n) is 8.33. The minimum absolute atomic E-state index is 0.00712. The van der Waals surface area contributed by atoms with E-state index in [1.165, 1.54) is 0 Å². The topological polar surface area (TPSA) is 38.7 Å². The number of benzene rings is 4. The fourth-order valence-electron chi connectivity index (χ4n) is 4.52. The summed E-state index contributed by atoms with van der Waals surface area (Å²) in [4.78, 5) is 17.7. The lowest BCUT2D eigenvalue weighted by Gasteiger charge is -2.43. The van der Waals surface area contributed by atoms with Crippen molar-refractivity contribution in [1.29, 1.82) is 0 Å². The fourth-order valence-corrected chi connectivity index (χ4v) is 4.52. The molecule has 0 N–H and O–H groups in total. The highest BCUT2D eigenvalue weighted by molar-refractivity contribution is 6.04. The first-order valence-corrected chi connectivity index (χ1v) is 10.9. The van der Waals surface area contributed by atoms with Crippen molar-refractivity contribution in [2.24, 2.45) is 5.16 Å². The number of fused-ring (bicyclic) bond motifs is 1. The number of nitrogens with zero attached hydrogens (tertiary/aromatic N) is 1. The molecule has 1 aliphatic rings. The second kappa shape index (κ2) is 8.45. The van der Waals surface area contributed by atoms with Gasteiger partial charge in [0.2, 0.25) is 0 Å². The van der Waals surface area contributed by atoms with E-state index in [-0.39, 0.29) is 5.56 Å². The molecule has 0 radical (unpaired) electrons. The van der Waals surface area contributed by atoms with Crippen LogP contribution in [0, 0.1) is 0 Å². The first-order chi connectivity index (χ1) is 16.4. The van der Waals surface area contributed by atoms with Crippen LogP contribution >= 0.6 is 0 Å². The van der Waals surface area contributed by atoms with Crippen molar-refractivity contribution >= 4 is 22.5 Å². The van der Waals surface area contributed by atoms with Crippen molar-refractivity contribution in [2.45, 2.75) is 24.4 Å². The molecule has 1 unspecified atom stereocenters. The normalized spacial score (nSPS) is 19.1. The average molecular weight is 459 g/mol. The number of hydrogen-bond donors (Lipinski definition) is 0. The van der Waals surface area contributed by atoms with Crippen LogP contribution in [-0.2, 0) is 16.4 Å². The van der Waals surface area contributed by atoms with Gasteiger partial charge in [-0.3, -0.25) is 0 Å². The van der Waals surface area contributed by atoms with Crippen LogP contribution in [0.25, 0.3) is 10.8 Å². The molecular formula is C28H20F3NO2. The molecule has 6 heteroatoms. The molecule has 0 heterocycles. The Morgan fingerprint density at radius 2 is 1.47 bits per heavy atom. The maximum Gasteiger partial charge on any atom is 0.416 e. The van der Waals surface area contributed by atoms with E-state index in [9.17, 15) is 18.0 Å². The van der Waals surface area contributed by atoms with Gasteiger partial charge in [-0.25, -0.2) is 4.79 Å². The van der Waals surface area contributed by atoms with E-state index < -0.39 is 23.1 Å². The van der Waals surface area contributed by atoms with Crippen LogP contribution in [0.2, 0.25) is 0 Å². The van der Waals surface area contributed by atoms with Gasteiger partial charge >= 0.3 is 12.1 Å². The van der Waals surface area contributed by atoms with Gasteiger partial charge in [-0.2, -0.15) is 13.2 Å². The molecule has 0 aliphatic heterocycles. The van der Waals surface area contributed by atoms with Gasteiger partial charge in [-0.05, 0) is 65.1 Å². The number of alkyl halides is 3. The van der Waals surface area contributed by atoms with Gasteiger partial charge in [0.15, 0.2) is 0 Å². The third-order valence-corrected chi connectivity index (χ3v) is 6.42. The zero-order valence-electron chi connectivity index (χ0n) is 18.0. The van der Waals surface area contributed by atoms with E-state index in [1.54, 1.807) is 0 Å². The Hall–Kier alpha value is -3.93. The summed E-state index contributed by atoms with van der Waals surface area (Å²) >= 11 is 0. The Balaban J connectivity index is 1.48. The predicted molar refractivity (Wildman–Crippen MR) is 125 cm³/mol. The van der Waals surface area contributed by atoms with Gasteiger partial charge in [0.05, 0.1) is 22.3 Å². The molecule has 4 aromatic rings. The number of carbonyl (C=O) groups excluding carboxylic acids is 1. The van der Waals surface area contributed by atoms with Crippen molar-refractivity contribution in [1.82, 2.24) is 0 Å². The van der Waals surface area contributed by atoms with Crippen molar-refractivity contribution in [2.75, 3.05) is 0 Å². The van der Waals surface area contributed by atoms with Crippen LogP contribution in [0.5, 0.6) is 0 Å². The third kappa shape index (κ3) is 3.85. The maximum atomic E-state index is 12.8. The van der Waals surface area contributed by atoms with Crippen LogP contribution < -0.4 is 0 Å². The van der Waals surface area contributed by atoms with Crippen molar-refractivity contribution < 1.29 is 22.8 Å². The Labute approximate surface area is 194 Å². The van der Waals surface area contributed by atoms with Crippen molar-refractivity contribution in [3.63, 3.8) is 0 Å². The van der Waals surface area contributed by atoms with Crippen molar-refractivity contribution in [3.05, 3.63) is 119 Å². The van der Waals surface area contributed by atoms with Crippen LogP contribution in [0.4, 0.5) is 13.2 Å². The minimum Gasteiger partial charge on any atom is -0.313 e. The molecule has 4 aromatic carbocycles. The molecular weight excluding hydrogens is 439 g/mol. The summed E-state index contributed by atoms with van der Waals surface area (Å²) in [5.74, 6) is -0.798. The summed E-state index contributed by atoms with van der Waals surface area (Å²) < 4.78 is 38.4. The van der Waals surface area contributed by atoms with E-state index >= 15 is 0 Å². The zero-order chi connectivity index (χ0) is 23.8. The number of hydrogen-bond acceptors (Lipinski definition) is 3. The molecule has 0 bridgehead atoms. The lowest BCUT2D eigenvalue weighted by atomic mass is 9.59. The molecule has 1 saturated carbocycles.